The molecule has 3 nitrogen and oxygen atoms in total. The first-order valence-corrected chi connectivity index (χ1v) is 6.77. The SMILES string of the molecule is CN(CCC(O)c1ccc(F)cn1)Cc1ccccc1F. The second-order valence-electron chi connectivity index (χ2n) is 5.03. The van der Waals surface area contributed by atoms with Gasteiger partial charge in [0.2, 0.25) is 0 Å². The van der Waals surface area contributed by atoms with E-state index in [1.54, 1.807) is 18.2 Å². The maximum atomic E-state index is 13.5. The topological polar surface area (TPSA) is 36.4 Å². The summed E-state index contributed by atoms with van der Waals surface area (Å²) < 4.78 is 26.3. The zero-order chi connectivity index (χ0) is 15.2. The molecule has 0 aliphatic rings. The summed E-state index contributed by atoms with van der Waals surface area (Å²) in [6.07, 6.45) is 0.777. The van der Waals surface area contributed by atoms with Crippen molar-refractivity contribution in [3.63, 3.8) is 0 Å². The minimum Gasteiger partial charge on any atom is -0.387 e. The van der Waals surface area contributed by atoms with Crippen molar-refractivity contribution in [1.29, 1.82) is 0 Å². The summed E-state index contributed by atoms with van der Waals surface area (Å²) in [4.78, 5) is 5.77. The predicted octanol–water partition coefficient (Wildman–Crippen LogP) is 2.92. The molecule has 21 heavy (non-hydrogen) atoms. The third-order valence-electron chi connectivity index (χ3n) is 3.27. The molecule has 1 atom stereocenters. The van der Waals surface area contributed by atoms with Crippen molar-refractivity contribution >= 4 is 0 Å². The minimum atomic E-state index is -0.756. The molecule has 0 spiro atoms. The van der Waals surface area contributed by atoms with Gasteiger partial charge in [0.05, 0.1) is 18.0 Å². The number of aromatic nitrogens is 1. The fraction of sp³-hybridized carbons (Fsp3) is 0.312. The average Bonchev–Trinajstić information content (AvgIpc) is 2.48. The maximum Gasteiger partial charge on any atom is 0.141 e. The Kier molecular flexibility index (Phi) is 5.36. The molecule has 5 heteroatoms. The van der Waals surface area contributed by atoms with Gasteiger partial charge in [0.15, 0.2) is 0 Å². The van der Waals surface area contributed by atoms with Gasteiger partial charge in [-0.25, -0.2) is 8.78 Å². The average molecular weight is 292 g/mol. The predicted molar refractivity (Wildman–Crippen MR) is 76.5 cm³/mol. The monoisotopic (exact) mass is 292 g/mol. The highest BCUT2D eigenvalue weighted by molar-refractivity contribution is 5.17. The molecule has 0 amide bonds. The van der Waals surface area contributed by atoms with Gasteiger partial charge in [-0.2, -0.15) is 0 Å². The molecular weight excluding hydrogens is 274 g/mol. The normalized spacial score (nSPS) is 12.6. The lowest BCUT2D eigenvalue weighted by molar-refractivity contribution is 0.143. The number of rotatable bonds is 6. The van der Waals surface area contributed by atoms with Crippen LogP contribution in [-0.4, -0.2) is 28.6 Å². The molecule has 1 unspecified atom stereocenters. The molecule has 1 heterocycles. The fourth-order valence-electron chi connectivity index (χ4n) is 2.07. The van der Waals surface area contributed by atoms with E-state index < -0.39 is 11.9 Å². The number of hydrogen-bond acceptors (Lipinski definition) is 3. The highest BCUT2D eigenvalue weighted by Crippen LogP contribution is 2.16. The summed E-state index contributed by atoms with van der Waals surface area (Å²) in [5.74, 6) is -0.660. The summed E-state index contributed by atoms with van der Waals surface area (Å²) in [6.45, 7) is 1.05. The van der Waals surface area contributed by atoms with Crippen LogP contribution in [0.2, 0.25) is 0 Å². The summed E-state index contributed by atoms with van der Waals surface area (Å²) in [5, 5.41) is 10.00. The molecule has 1 N–H and O–H groups in total. The van der Waals surface area contributed by atoms with Crippen molar-refractivity contribution in [3.05, 3.63) is 65.5 Å². The first kappa shape index (κ1) is 15.5. The van der Waals surface area contributed by atoms with E-state index in [9.17, 15) is 13.9 Å². The van der Waals surface area contributed by atoms with Gasteiger partial charge in [0, 0.05) is 18.7 Å². The number of pyridine rings is 1. The molecule has 1 aromatic carbocycles. The maximum absolute atomic E-state index is 13.5. The Bertz CT molecular complexity index is 575. The Hall–Kier alpha value is -1.85. The molecule has 0 aliphatic heterocycles. The number of nitrogens with zero attached hydrogens (tertiary/aromatic N) is 2. The first-order chi connectivity index (χ1) is 10.1. The van der Waals surface area contributed by atoms with Crippen molar-refractivity contribution in [1.82, 2.24) is 9.88 Å². The van der Waals surface area contributed by atoms with Gasteiger partial charge < -0.3 is 10.0 Å². The second kappa shape index (κ2) is 7.24. The molecule has 0 bridgehead atoms. The zero-order valence-electron chi connectivity index (χ0n) is 11.8. The highest BCUT2D eigenvalue weighted by atomic mass is 19.1. The molecule has 0 aliphatic carbocycles. The highest BCUT2D eigenvalue weighted by Gasteiger charge is 2.11. The van der Waals surface area contributed by atoms with E-state index in [0.29, 0.717) is 30.8 Å². The van der Waals surface area contributed by atoms with Crippen molar-refractivity contribution in [2.24, 2.45) is 0 Å². The fourth-order valence-corrected chi connectivity index (χ4v) is 2.07. The molecule has 112 valence electrons. The molecule has 0 saturated heterocycles. The van der Waals surface area contributed by atoms with Crippen molar-refractivity contribution in [2.45, 2.75) is 19.1 Å². The number of aliphatic hydroxyl groups is 1. The van der Waals surface area contributed by atoms with Crippen LogP contribution in [0.5, 0.6) is 0 Å². The van der Waals surface area contributed by atoms with Gasteiger partial charge in [-0.05, 0) is 31.7 Å². The van der Waals surface area contributed by atoms with Crippen molar-refractivity contribution in [2.75, 3.05) is 13.6 Å². The lowest BCUT2D eigenvalue weighted by atomic mass is 10.1. The van der Waals surface area contributed by atoms with Crippen LogP contribution < -0.4 is 0 Å². The Morgan fingerprint density at radius 3 is 2.62 bits per heavy atom. The Morgan fingerprint density at radius 2 is 1.95 bits per heavy atom. The first-order valence-electron chi connectivity index (χ1n) is 6.77. The number of benzene rings is 1. The Labute approximate surface area is 122 Å². The lowest BCUT2D eigenvalue weighted by Crippen LogP contribution is -2.21. The number of hydrogen-bond donors (Lipinski definition) is 1. The summed E-state index contributed by atoms with van der Waals surface area (Å²) in [5.41, 5.74) is 1.06. The van der Waals surface area contributed by atoms with Crippen LogP contribution in [0.3, 0.4) is 0 Å². The third kappa shape index (κ3) is 4.58. The van der Waals surface area contributed by atoms with Crippen LogP contribution in [-0.2, 0) is 6.54 Å². The van der Waals surface area contributed by atoms with Crippen LogP contribution in [0.15, 0.2) is 42.6 Å². The van der Waals surface area contributed by atoms with Gasteiger partial charge in [0.1, 0.15) is 11.6 Å². The van der Waals surface area contributed by atoms with E-state index >= 15 is 0 Å². The summed E-state index contributed by atoms with van der Waals surface area (Å²) in [6, 6.07) is 9.36. The van der Waals surface area contributed by atoms with Crippen LogP contribution in [0.1, 0.15) is 23.8 Å². The smallest absolute Gasteiger partial charge is 0.141 e. The van der Waals surface area contributed by atoms with Gasteiger partial charge in [-0.3, -0.25) is 4.98 Å². The molecule has 0 saturated carbocycles. The van der Waals surface area contributed by atoms with Gasteiger partial charge >= 0.3 is 0 Å². The van der Waals surface area contributed by atoms with Crippen LogP contribution in [0, 0.1) is 11.6 Å². The zero-order valence-corrected chi connectivity index (χ0v) is 11.8. The molecule has 0 radical (unpaired) electrons. The van der Waals surface area contributed by atoms with E-state index in [1.807, 2.05) is 11.9 Å². The third-order valence-corrected chi connectivity index (χ3v) is 3.27. The van der Waals surface area contributed by atoms with Crippen LogP contribution in [0.25, 0.3) is 0 Å². The summed E-state index contributed by atoms with van der Waals surface area (Å²) in [7, 11) is 1.86. The largest absolute Gasteiger partial charge is 0.387 e. The van der Waals surface area contributed by atoms with Crippen LogP contribution >= 0.6 is 0 Å². The Morgan fingerprint density at radius 1 is 1.19 bits per heavy atom. The molecule has 1 aromatic heterocycles. The second-order valence-corrected chi connectivity index (χ2v) is 5.03. The van der Waals surface area contributed by atoms with Gasteiger partial charge in [-0.15, -0.1) is 0 Å². The number of halogens is 2. The van der Waals surface area contributed by atoms with Crippen molar-refractivity contribution < 1.29 is 13.9 Å². The van der Waals surface area contributed by atoms with E-state index in [2.05, 4.69) is 4.98 Å². The van der Waals surface area contributed by atoms with E-state index in [-0.39, 0.29) is 5.82 Å². The molecule has 0 fully saturated rings. The molecule has 2 rings (SSSR count). The van der Waals surface area contributed by atoms with Crippen LogP contribution in [0.4, 0.5) is 8.78 Å². The van der Waals surface area contributed by atoms with E-state index in [0.717, 1.165) is 6.20 Å². The summed E-state index contributed by atoms with van der Waals surface area (Å²) >= 11 is 0. The van der Waals surface area contributed by atoms with Gasteiger partial charge in [0.25, 0.3) is 0 Å². The van der Waals surface area contributed by atoms with E-state index in [4.69, 9.17) is 0 Å². The Balaban J connectivity index is 1.85. The minimum absolute atomic E-state index is 0.231. The quantitative estimate of drug-likeness (QED) is 0.889. The molecular formula is C16H18F2N2O. The van der Waals surface area contributed by atoms with Crippen molar-refractivity contribution in [3.8, 4) is 0 Å². The van der Waals surface area contributed by atoms with E-state index in [1.165, 1.54) is 18.2 Å². The van der Waals surface area contributed by atoms with Gasteiger partial charge in [-0.1, -0.05) is 18.2 Å². The lowest BCUT2D eigenvalue weighted by Gasteiger charge is -2.19. The molecule has 2 aromatic rings. The number of aliphatic hydroxyl groups excluding tert-OH is 1. The standard InChI is InChI=1S/C16H18F2N2O/c1-20(11-12-4-2-3-5-14(12)18)9-8-16(21)15-7-6-13(17)10-19-15/h2-7,10,16,21H,8-9,11H2,1H3.